The third-order valence-electron chi connectivity index (χ3n) is 3.00. The fourth-order valence-corrected chi connectivity index (χ4v) is 4.52. The first-order valence-corrected chi connectivity index (χ1v) is 8.42. The van der Waals surface area contributed by atoms with Crippen molar-refractivity contribution in [2.45, 2.75) is 54.4 Å². The zero-order valence-electron chi connectivity index (χ0n) is 11.5. The number of hydrogen-bond donors (Lipinski definition) is 0. The van der Waals surface area contributed by atoms with Gasteiger partial charge in [0.05, 0.1) is 0 Å². The fourth-order valence-electron chi connectivity index (χ4n) is 1.33. The Kier molecular flexibility index (Phi) is 9.34. The monoisotopic (exact) mass is 258 g/mol. The van der Waals surface area contributed by atoms with Crippen molar-refractivity contribution in [2.24, 2.45) is 11.8 Å². The van der Waals surface area contributed by atoms with Crippen molar-refractivity contribution in [2.75, 3.05) is 0 Å². The molecular weight excluding hydrogens is 232 g/mol. The fraction of sp³-hybridized carbons (Fsp3) is 0.714. The molecule has 0 saturated heterocycles. The summed E-state index contributed by atoms with van der Waals surface area (Å²) in [5.41, 5.74) is 0. The SMILES string of the molecule is CC=C(SS/C(=C\C)C(C)CC)C(C)CC. The predicted molar refractivity (Wildman–Crippen MR) is 81.6 cm³/mol. The van der Waals surface area contributed by atoms with Crippen LogP contribution in [-0.4, -0.2) is 0 Å². The lowest BCUT2D eigenvalue weighted by atomic mass is 10.1. The van der Waals surface area contributed by atoms with Gasteiger partial charge in [0, 0.05) is 0 Å². The average molecular weight is 258 g/mol. The standard InChI is InChI=1S/C14H26S2/c1-7-11(5)13(9-3)15-16-14(10-4)12(6)8-2/h9-12H,7-8H2,1-6H3/b13-9-,14-10?. The third kappa shape index (κ3) is 5.49. The molecule has 16 heavy (non-hydrogen) atoms. The van der Waals surface area contributed by atoms with Crippen molar-refractivity contribution < 1.29 is 0 Å². The van der Waals surface area contributed by atoms with Crippen LogP contribution in [-0.2, 0) is 0 Å². The van der Waals surface area contributed by atoms with E-state index in [1.54, 1.807) is 0 Å². The molecule has 0 spiro atoms. The summed E-state index contributed by atoms with van der Waals surface area (Å²) in [5, 5.41) is 0. The zero-order chi connectivity index (χ0) is 12.6. The van der Waals surface area contributed by atoms with Crippen molar-refractivity contribution in [3.05, 3.63) is 22.0 Å². The van der Waals surface area contributed by atoms with E-state index in [4.69, 9.17) is 0 Å². The molecule has 0 fully saturated rings. The van der Waals surface area contributed by atoms with E-state index >= 15 is 0 Å². The van der Waals surface area contributed by atoms with E-state index < -0.39 is 0 Å². The van der Waals surface area contributed by atoms with E-state index in [0.717, 1.165) is 0 Å². The van der Waals surface area contributed by atoms with Gasteiger partial charge in [-0.3, -0.25) is 0 Å². The maximum absolute atomic E-state index is 2.31. The van der Waals surface area contributed by atoms with E-state index in [9.17, 15) is 0 Å². The second-order valence-corrected chi connectivity index (χ2v) is 6.44. The molecule has 94 valence electrons. The summed E-state index contributed by atoms with van der Waals surface area (Å²) >= 11 is 0. The van der Waals surface area contributed by atoms with Crippen LogP contribution in [0.25, 0.3) is 0 Å². The van der Waals surface area contributed by atoms with Crippen LogP contribution in [0.1, 0.15) is 54.4 Å². The van der Waals surface area contributed by atoms with Gasteiger partial charge in [0.1, 0.15) is 0 Å². The van der Waals surface area contributed by atoms with Crippen LogP contribution in [0.5, 0.6) is 0 Å². The van der Waals surface area contributed by atoms with E-state index in [0.29, 0.717) is 11.8 Å². The molecule has 0 aliphatic carbocycles. The van der Waals surface area contributed by atoms with Crippen LogP contribution in [0.2, 0.25) is 0 Å². The van der Waals surface area contributed by atoms with E-state index in [-0.39, 0.29) is 0 Å². The molecule has 0 aliphatic rings. The van der Waals surface area contributed by atoms with Crippen molar-refractivity contribution in [3.8, 4) is 0 Å². The first kappa shape index (κ1) is 16.2. The topological polar surface area (TPSA) is 0 Å². The molecule has 0 aromatic rings. The quantitative estimate of drug-likeness (QED) is 0.494. The summed E-state index contributed by atoms with van der Waals surface area (Å²) in [5.74, 6) is 1.38. The lowest BCUT2D eigenvalue weighted by Crippen LogP contribution is -1.95. The Labute approximate surface area is 110 Å². The second-order valence-electron chi connectivity index (χ2n) is 4.17. The van der Waals surface area contributed by atoms with Gasteiger partial charge in [0.15, 0.2) is 0 Å². The first-order chi connectivity index (χ1) is 7.60. The highest BCUT2D eigenvalue weighted by Gasteiger charge is 2.11. The molecule has 0 aromatic heterocycles. The number of hydrogen-bond acceptors (Lipinski definition) is 2. The van der Waals surface area contributed by atoms with Crippen LogP contribution in [0, 0.1) is 11.8 Å². The van der Waals surface area contributed by atoms with Crippen molar-refractivity contribution in [1.82, 2.24) is 0 Å². The second kappa shape index (κ2) is 9.23. The minimum Gasteiger partial charge on any atom is -0.0770 e. The summed E-state index contributed by atoms with van der Waals surface area (Å²) < 4.78 is 0. The van der Waals surface area contributed by atoms with Crippen LogP contribution in [0.15, 0.2) is 22.0 Å². The Balaban J connectivity index is 4.31. The maximum atomic E-state index is 2.31. The first-order valence-electron chi connectivity index (χ1n) is 6.27. The van der Waals surface area contributed by atoms with Crippen LogP contribution < -0.4 is 0 Å². The molecular formula is C14H26S2. The molecule has 2 unspecified atom stereocenters. The van der Waals surface area contributed by atoms with Crippen molar-refractivity contribution in [1.29, 1.82) is 0 Å². The Morgan fingerprint density at radius 2 is 1.19 bits per heavy atom. The minimum absolute atomic E-state index is 0.692. The maximum Gasteiger partial charge on any atom is -0.00531 e. The van der Waals surface area contributed by atoms with Gasteiger partial charge in [0.2, 0.25) is 0 Å². The lowest BCUT2D eigenvalue weighted by Gasteiger charge is -2.16. The predicted octanol–water partition coefficient (Wildman–Crippen LogP) is 6.27. The summed E-state index contributed by atoms with van der Waals surface area (Å²) in [6.45, 7) is 13.4. The molecule has 0 bridgehead atoms. The Morgan fingerprint density at radius 3 is 1.38 bits per heavy atom. The smallest absolute Gasteiger partial charge is 0.00531 e. The van der Waals surface area contributed by atoms with Crippen molar-refractivity contribution >= 4 is 21.6 Å². The van der Waals surface area contributed by atoms with E-state index in [2.05, 4.69) is 53.7 Å². The summed E-state index contributed by atoms with van der Waals surface area (Å²) in [6.07, 6.45) is 6.97. The summed E-state index contributed by atoms with van der Waals surface area (Å²) in [7, 11) is 3.88. The summed E-state index contributed by atoms with van der Waals surface area (Å²) in [4.78, 5) is 3.02. The normalized spacial score (nSPS) is 17.4. The zero-order valence-corrected chi connectivity index (χ0v) is 13.2. The minimum atomic E-state index is 0.692. The van der Waals surface area contributed by atoms with Gasteiger partial charge in [-0.05, 0) is 48.3 Å². The van der Waals surface area contributed by atoms with E-state index in [1.807, 2.05) is 21.6 Å². The molecule has 0 rings (SSSR count). The van der Waals surface area contributed by atoms with Gasteiger partial charge in [-0.15, -0.1) is 0 Å². The van der Waals surface area contributed by atoms with Gasteiger partial charge in [0.25, 0.3) is 0 Å². The largest absolute Gasteiger partial charge is 0.0770 e. The molecule has 0 aromatic carbocycles. The lowest BCUT2D eigenvalue weighted by molar-refractivity contribution is 0.686. The number of rotatable bonds is 7. The molecule has 0 nitrogen and oxygen atoms in total. The van der Waals surface area contributed by atoms with Crippen LogP contribution in [0.4, 0.5) is 0 Å². The van der Waals surface area contributed by atoms with E-state index in [1.165, 1.54) is 22.7 Å². The summed E-state index contributed by atoms with van der Waals surface area (Å²) in [6, 6.07) is 0. The van der Waals surface area contributed by atoms with Gasteiger partial charge in [-0.1, -0.05) is 61.4 Å². The molecule has 2 atom stereocenters. The van der Waals surface area contributed by atoms with Gasteiger partial charge < -0.3 is 0 Å². The molecule has 0 heterocycles. The molecule has 0 amide bonds. The third-order valence-corrected chi connectivity index (χ3v) is 6.15. The Morgan fingerprint density at radius 1 is 0.875 bits per heavy atom. The molecule has 0 aliphatic heterocycles. The molecule has 0 N–H and O–H groups in total. The molecule has 0 radical (unpaired) electrons. The Hall–Kier alpha value is 0.180. The average Bonchev–Trinajstić information content (AvgIpc) is 2.33. The van der Waals surface area contributed by atoms with Gasteiger partial charge in [-0.25, -0.2) is 0 Å². The molecule has 2 heteroatoms. The van der Waals surface area contributed by atoms with Crippen LogP contribution in [0.3, 0.4) is 0 Å². The van der Waals surface area contributed by atoms with Gasteiger partial charge in [-0.2, -0.15) is 0 Å². The Bertz CT molecular complexity index is 215. The highest BCUT2D eigenvalue weighted by molar-refractivity contribution is 8.79. The van der Waals surface area contributed by atoms with Gasteiger partial charge >= 0.3 is 0 Å². The number of allylic oxidation sites excluding steroid dienone is 4. The molecule has 0 saturated carbocycles. The van der Waals surface area contributed by atoms with Crippen LogP contribution >= 0.6 is 21.6 Å². The highest BCUT2D eigenvalue weighted by Crippen LogP contribution is 2.43. The van der Waals surface area contributed by atoms with Crippen molar-refractivity contribution in [3.63, 3.8) is 0 Å². The highest BCUT2D eigenvalue weighted by atomic mass is 33.1.